The molecule has 1 aliphatic rings. The molecule has 0 radical (unpaired) electrons. The zero-order valence-corrected chi connectivity index (χ0v) is 10.8. The van der Waals surface area contributed by atoms with Crippen LogP contribution in [0.2, 0.25) is 0 Å². The standard InChI is InChI=1S/C12H19N3O3/c1-8(2)15-4-3-9(7-15)5-11-13-10(14-18-11)6-12(16)17/h8-9H,3-7H2,1-2H3,(H,16,17). The van der Waals surface area contributed by atoms with E-state index in [0.717, 1.165) is 25.9 Å². The molecule has 1 N–H and O–H groups in total. The van der Waals surface area contributed by atoms with E-state index in [2.05, 4.69) is 28.9 Å². The second-order valence-corrected chi connectivity index (χ2v) is 5.12. The molecule has 1 atom stereocenters. The number of hydrogen-bond donors (Lipinski definition) is 1. The zero-order valence-electron chi connectivity index (χ0n) is 10.8. The number of carboxylic acids is 1. The first kappa shape index (κ1) is 13.0. The minimum absolute atomic E-state index is 0.174. The molecule has 2 heterocycles. The van der Waals surface area contributed by atoms with Crippen LogP contribution in [0.4, 0.5) is 0 Å². The highest BCUT2D eigenvalue weighted by atomic mass is 16.5. The molecule has 0 aliphatic carbocycles. The van der Waals surface area contributed by atoms with Crippen molar-refractivity contribution < 1.29 is 14.4 Å². The highest BCUT2D eigenvalue weighted by Gasteiger charge is 2.26. The Morgan fingerprint density at radius 3 is 3.00 bits per heavy atom. The monoisotopic (exact) mass is 253 g/mol. The summed E-state index contributed by atoms with van der Waals surface area (Å²) < 4.78 is 5.08. The van der Waals surface area contributed by atoms with Crippen molar-refractivity contribution in [2.24, 2.45) is 5.92 Å². The Bertz CT molecular complexity index is 416. The predicted molar refractivity (Wildman–Crippen MR) is 64.2 cm³/mol. The molecule has 0 saturated carbocycles. The molecule has 6 heteroatoms. The van der Waals surface area contributed by atoms with Gasteiger partial charge in [0.2, 0.25) is 5.89 Å². The molecule has 1 aromatic rings. The molecule has 1 unspecified atom stereocenters. The van der Waals surface area contributed by atoms with E-state index < -0.39 is 5.97 Å². The van der Waals surface area contributed by atoms with Crippen LogP contribution >= 0.6 is 0 Å². The van der Waals surface area contributed by atoms with Crippen LogP contribution in [0.3, 0.4) is 0 Å². The molecule has 0 amide bonds. The van der Waals surface area contributed by atoms with Crippen molar-refractivity contribution in [1.82, 2.24) is 15.0 Å². The van der Waals surface area contributed by atoms with Crippen molar-refractivity contribution in [3.8, 4) is 0 Å². The summed E-state index contributed by atoms with van der Waals surface area (Å²) >= 11 is 0. The van der Waals surface area contributed by atoms with Crippen molar-refractivity contribution in [2.45, 2.75) is 39.2 Å². The maximum absolute atomic E-state index is 10.5. The summed E-state index contributed by atoms with van der Waals surface area (Å²) in [5, 5.41) is 12.3. The Morgan fingerprint density at radius 1 is 1.61 bits per heavy atom. The van der Waals surface area contributed by atoms with E-state index in [9.17, 15) is 4.79 Å². The van der Waals surface area contributed by atoms with Crippen LogP contribution in [0.15, 0.2) is 4.52 Å². The summed E-state index contributed by atoms with van der Waals surface area (Å²) in [6.07, 6.45) is 1.71. The van der Waals surface area contributed by atoms with E-state index in [0.29, 0.717) is 17.9 Å². The van der Waals surface area contributed by atoms with Gasteiger partial charge >= 0.3 is 5.97 Å². The first-order valence-corrected chi connectivity index (χ1v) is 6.32. The molecule has 1 aromatic heterocycles. The van der Waals surface area contributed by atoms with Crippen LogP contribution in [0.25, 0.3) is 0 Å². The summed E-state index contributed by atoms with van der Waals surface area (Å²) in [5.74, 6) is 0.415. The Balaban J connectivity index is 1.87. The van der Waals surface area contributed by atoms with Crippen molar-refractivity contribution in [2.75, 3.05) is 13.1 Å². The van der Waals surface area contributed by atoms with Crippen LogP contribution in [0.1, 0.15) is 32.0 Å². The molecule has 0 bridgehead atoms. The minimum atomic E-state index is -0.936. The van der Waals surface area contributed by atoms with E-state index in [1.165, 1.54) is 0 Å². The molecule has 6 nitrogen and oxygen atoms in total. The first-order chi connectivity index (χ1) is 8.54. The third-order valence-electron chi connectivity index (χ3n) is 3.33. The Hall–Kier alpha value is -1.43. The number of likely N-dealkylation sites (tertiary alicyclic amines) is 1. The largest absolute Gasteiger partial charge is 0.481 e. The summed E-state index contributed by atoms with van der Waals surface area (Å²) in [4.78, 5) is 17.0. The van der Waals surface area contributed by atoms with Gasteiger partial charge in [0.05, 0.1) is 0 Å². The molecule has 1 aliphatic heterocycles. The quantitative estimate of drug-likeness (QED) is 0.842. The Labute approximate surface area is 106 Å². The lowest BCUT2D eigenvalue weighted by atomic mass is 10.1. The van der Waals surface area contributed by atoms with Gasteiger partial charge in [0.15, 0.2) is 5.82 Å². The maximum atomic E-state index is 10.5. The number of carboxylic acid groups (broad SMARTS) is 1. The van der Waals surface area contributed by atoms with Crippen molar-refractivity contribution in [1.29, 1.82) is 0 Å². The van der Waals surface area contributed by atoms with Crippen LogP contribution in [0.5, 0.6) is 0 Å². The van der Waals surface area contributed by atoms with Gasteiger partial charge in [-0.25, -0.2) is 0 Å². The summed E-state index contributed by atoms with van der Waals surface area (Å²) in [6.45, 7) is 6.55. The van der Waals surface area contributed by atoms with Gasteiger partial charge in [0.25, 0.3) is 0 Å². The molecule has 100 valence electrons. The number of carbonyl (C=O) groups is 1. The zero-order chi connectivity index (χ0) is 13.1. The van der Waals surface area contributed by atoms with E-state index >= 15 is 0 Å². The molecule has 1 saturated heterocycles. The highest BCUT2D eigenvalue weighted by Crippen LogP contribution is 2.21. The molecule has 2 rings (SSSR count). The predicted octanol–water partition coefficient (Wildman–Crippen LogP) is 0.969. The van der Waals surface area contributed by atoms with E-state index in [1.54, 1.807) is 0 Å². The molecule has 1 fully saturated rings. The smallest absolute Gasteiger partial charge is 0.311 e. The van der Waals surface area contributed by atoms with Crippen LogP contribution in [-0.2, 0) is 17.6 Å². The van der Waals surface area contributed by atoms with Gasteiger partial charge in [-0.05, 0) is 32.7 Å². The van der Waals surface area contributed by atoms with Gasteiger partial charge in [-0.3, -0.25) is 4.79 Å². The third kappa shape index (κ3) is 3.29. The first-order valence-electron chi connectivity index (χ1n) is 6.32. The number of aliphatic carboxylic acids is 1. The van der Waals surface area contributed by atoms with Gasteiger partial charge in [-0.2, -0.15) is 4.98 Å². The molecular weight excluding hydrogens is 234 g/mol. The van der Waals surface area contributed by atoms with Gasteiger partial charge < -0.3 is 14.5 Å². The number of aromatic nitrogens is 2. The van der Waals surface area contributed by atoms with Crippen LogP contribution < -0.4 is 0 Å². The van der Waals surface area contributed by atoms with Gasteiger partial charge in [0.1, 0.15) is 6.42 Å². The average molecular weight is 253 g/mol. The van der Waals surface area contributed by atoms with Gasteiger partial charge in [-0.1, -0.05) is 5.16 Å². The van der Waals surface area contributed by atoms with Crippen molar-refractivity contribution in [3.63, 3.8) is 0 Å². The van der Waals surface area contributed by atoms with E-state index in [4.69, 9.17) is 9.63 Å². The number of rotatable bonds is 5. The van der Waals surface area contributed by atoms with Crippen molar-refractivity contribution >= 4 is 5.97 Å². The lowest BCUT2D eigenvalue weighted by Gasteiger charge is -2.19. The molecule has 0 aromatic carbocycles. The fraction of sp³-hybridized carbons (Fsp3) is 0.750. The summed E-state index contributed by atoms with van der Waals surface area (Å²) in [6, 6.07) is 0.570. The average Bonchev–Trinajstić information content (AvgIpc) is 2.88. The highest BCUT2D eigenvalue weighted by molar-refractivity contribution is 5.68. The topological polar surface area (TPSA) is 79.5 Å². The summed E-state index contributed by atoms with van der Waals surface area (Å²) in [7, 11) is 0. The molecular formula is C12H19N3O3. The minimum Gasteiger partial charge on any atom is -0.481 e. The molecule has 0 spiro atoms. The van der Waals surface area contributed by atoms with Crippen LogP contribution in [0, 0.1) is 5.92 Å². The second kappa shape index (κ2) is 5.48. The van der Waals surface area contributed by atoms with E-state index in [-0.39, 0.29) is 12.2 Å². The Morgan fingerprint density at radius 2 is 2.39 bits per heavy atom. The fourth-order valence-corrected chi connectivity index (χ4v) is 2.33. The lowest BCUT2D eigenvalue weighted by Crippen LogP contribution is -2.28. The Kier molecular flexibility index (Phi) is 3.96. The lowest BCUT2D eigenvalue weighted by molar-refractivity contribution is -0.136. The maximum Gasteiger partial charge on any atom is 0.311 e. The third-order valence-corrected chi connectivity index (χ3v) is 3.33. The van der Waals surface area contributed by atoms with E-state index in [1.807, 2.05) is 0 Å². The summed E-state index contributed by atoms with van der Waals surface area (Å²) in [5.41, 5.74) is 0. The SMILES string of the molecule is CC(C)N1CCC(Cc2nc(CC(=O)O)no2)C1. The molecule has 18 heavy (non-hydrogen) atoms. The van der Waals surface area contributed by atoms with Gasteiger partial charge in [-0.15, -0.1) is 0 Å². The van der Waals surface area contributed by atoms with Crippen molar-refractivity contribution in [3.05, 3.63) is 11.7 Å². The normalized spacial score (nSPS) is 20.7. The second-order valence-electron chi connectivity index (χ2n) is 5.12. The number of hydrogen-bond acceptors (Lipinski definition) is 5. The van der Waals surface area contributed by atoms with Crippen LogP contribution in [-0.4, -0.2) is 45.2 Å². The number of nitrogens with zero attached hydrogens (tertiary/aromatic N) is 3. The fourth-order valence-electron chi connectivity index (χ4n) is 2.33. The van der Waals surface area contributed by atoms with Gasteiger partial charge in [0, 0.05) is 19.0 Å².